The molecule has 2 aliphatic rings. The van der Waals surface area contributed by atoms with Gasteiger partial charge >= 0.3 is 7.12 Å². The fraction of sp³-hybridized carbons (Fsp3) is 0.542. The molecular formula is C24H32BNO6. The topological polar surface area (TPSA) is 68.3 Å². The lowest BCUT2D eigenvalue weighted by Crippen LogP contribution is -2.41. The fourth-order valence-electron chi connectivity index (χ4n) is 3.66. The van der Waals surface area contributed by atoms with Crippen LogP contribution in [0.1, 0.15) is 52.5 Å². The van der Waals surface area contributed by atoms with Gasteiger partial charge in [0.15, 0.2) is 6.29 Å². The van der Waals surface area contributed by atoms with E-state index in [4.69, 9.17) is 28.3 Å². The Morgan fingerprint density at radius 1 is 1.03 bits per heavy atom. The molecular weight excluding hydrogens is 409 g/mol. The molecule has 0 amide bonds. The first-order valence-corrected chi connectivity index (χ1v) is 11.2. The van der Waals surface area contributed by atoms with Gasteiger partial charge in [-0.2, -0.15) is 0 Å². The number of hydrogen-bond acceptors (Lipinski definition) is 7. The van der Waals surface area contributed by atoms with Crippen molar-refractivity contribution in [2.75, 3.05) is 13.7 Å². The predicted molar refractivity (Wildman–Crippen MR) is 121 cm³/mol. The van der Waals surface area contributed by atoms with Crippen molar-refractivity contribution in [3.8, 4) is 17.4 Å². The van der Waals surface area contributed by atoms with Crippen LogP contribution in [0.2, 0.25) is 0 Å². The predicted octanol–water partition coefficient (Wildman–Crippen LogP) is 4.22. The molecule has 172 valence electrons. The Bertz CT molecular complexity index is 895. The van der Waals surface area contributed by atoms with E-state index in [1.54, 1.807) is 19.4 Å². The van der Waals surface area contributed by atoms with Gasteiger partial charge in [0.25, 0.3) is 0 Å². The number of ether oxygens (including phenoxy) is 4. The summed E-state index contributed by atoms with van der Waals surface area (Å²) in [5.74, 6) is 1.82. The average molecular weight is 441 g/mol. The zero-order valence-electron chi connectivity index (χ0n) is 19.6. The lowest BCUT2D eigenvalue weighted by molar-refractivity contribution is -0.168. The Balaban J connectivity index is 1.56. The van der Waals surface area contributed by atoms with Gasteiger partial charge in [-0.1, -0.05) is 6.07 Å². The molecule has 0 bridgehead atoms. The number of benzene rings is 1. The molecule has 1 atom stereocenters. The van der Waals surface area contributed by atoms with E-state index in [9.17, 15) is 0 Å². The highest BCUT2D eigenvalue weighted by Gasteiger charge is 2.52. The van der Waals surface area contributed by atoms with Gasteiger partial charge < -0.3 is 28.3 Å². The number of nitrogens with zero attached hydrogens (tertiary/aromatic N) is 1. The monoisotopic (exact) mass is 441 g/mol. The van der Waals surface area contributed by atoms with E-state index in [2.05, 4.69) is 4.98 Å². The van der Waals surface area contributed by atoms with Crippen molar-refractivity contribution in [1.29, 1.82) is 0 Å². The van der Waals surface area contributed by atoms with Gasteiger partial charge in [-0.3, -0.25) is 0 Å². The summed E-state index contributed by atoms with van der Waals surface area (Å²) in [6, 6.07) is 9.40. The first-order chi connectivity index (χ1) is 15.3. The standard InChI is InChI=1S/C24H32BNO6/c1-23(2)24(3,4)32-25(31-23)20-11-9-18(30-21-12-10-19(27-5)15-26-21)14-17(20)16-29-22-8-6-7-13-28-22/h9-12,14-15,22H,6-8,13,16H2,1-5H3. The molecule has 2 aromatic rings. The second-order valence-corrected chi connectivity index (χ2v) is 9.19. The minimum Gasteiger partial charge on any atom is -0.495 e. The summed E-state index contributed by atoms with van der Waals surface area (Å²) in [5.41, 5.74) is 1.01. The molecule has 4 rings (SSSR count). The van der Waals surface area contributed by atoms with Crippen molar-refractivity contribution in [1.82, 2.24) is 4.98 Å². The van der Waals surface area contributed by atoms with E-state index in [0.717, 1.165) is 36.9 Å². The van der Waals surface area contributed by atoms with E-state index < -0.39 is 18.3 Å². The Morgan fingerprint density at radius 2 is 1.78 bits per heavy atom. The number of hydrogen-bond donors (Lipinski definition) is 0. The average Bonchev–Trinajstić information content (AvgIpc) is 3.00. The molecule has 2 saturated heterocycles. The molecule has 1 unspecified atom stereocenters. The van der Waals surface area contributed by atoms with Crippen molar-refractivity contribution >= 4 is 12.6 Å². The fourth-order valence-corrected chi connectivity index (χ4v) is 3.66. The molecule has 0 radical (unpaired) electrons. The van der Waals surface area contributed by atoms with Crippen LogP contribution in [0, 0.1) is 0 Å². The summed E-state index contributed by atoms with van der Waals surface area (Å²) in [6.45, 7) is 9.30. The minimum absolute atomic E-state index is 0.192. The molecule has 0 N–H and O–H groups in total. The Labute approximate surface area is 190 Å². The van der Waals surface area contributed by atoms with Crippen LogP contribution >= 0.6 is 0 Å². The van der Waals surface area contributed by atoms with Crippen molar-refractivity contribution in [3.05, 3.63) is 42.1 Å². The van der Waals surface area contributed by atoms with Crippen molar-refractivity contribution in [3.63, 3.8) is 0 Å². The SMILES string of the molecule is COc1ccc(Oc2ccc(B3OC(C)(C)C(C)(C)O3)c(COC3CCCCO3)c2)nc1. The van der Waals surface area contributed by atoms with Crippen LogP contribution in [0.15, 0.2) is 36.5 Å². The van der Waals surface area contributed by atoms with Gasteiger partial charge in [-0.05, 0) is 76.2 Å². The van der Waals surface area contributed by atoms with Crippen molar-refractivity contribution in [2.24, 2.45) is 0 Å². The van der Waals surface area contributed by atoms with E-state index >= 15 is 0 Å². The zero-order valence-corrected chi connectivity index (χ0v) is 19.6. The Kier molecular flexibility index (Phi) is 6.76. The van der Waals surface area contributed by atoms with Crippen molar-refractivity contribution < 1.29 is 28.3 Å². The van der Waals surface area contributed by atoms with Crippen LogP contribution in [-0.2, 0) is 25.4 Å². The van der Waals surface area contributed by atoms with E-state index in [-0.39, 0.29) is 6.29 Å². The summed E-state index contributed by atoms with van der Waals surface area (Å²) >= 11 is 0. The van der Waals surface area contributed by atoms with Gasteiger partial charge in [0, 0.05) is 12.7 Å². The lowest BCUT2D eigenvalue weighted by Gasteiger charge is -2.32. The summed E-state index contributed by atoms with van der Waals surface area (Å²) in [6.07, 6.45) is 4.52. The lowest BCUT2D eigenvalue weighted by atomic mass is 9.76. The first-order valence-electron chi connectivity index (χ1n) is 11.2. The maximum atomic E-state index is 6.29. The van der Waals surface area contributed by atoms with E-state index in [1.807, 2.05) is 52.0 Å². The Morgan fingerprint density at radius 3 is 2.41 bits per heavy atom. The zero-order chi connectivity index (χ0) is 22.8. The number of aromatic nitrogens is 1. The van der Waals surface area contributed by atoms with Gasteiger partial charge in [-0.15, -0.1) is 0 Å². The second-order valence-electron chi connectivity index (χ2n) is 9.19. The van der Waals surface area contributed by atoms with Gasteiger partial charge in [0.1, 0.15) is 11.5 Å². The van der Waals surface area contributed by atoms with Gasteiger partial charge in [-0.25, -0.2) is 4.98 Å². The summed E-state index contributed by atoms with van der Waals surface area (Å²) in [7, 11) is 1.12. The number of methoxy groups -OCH3 is 1. The molecule has 2 fully saturated rings. The van der Waals surface area contributed by atoms with Crippen LogP contribution in [0.3, 0.4) is 0 Å². The molecule has 8 heteroatoms. The highest BCUT2D eigenvalue weighted by atomic mass is 16.7. The van der Waals surface area contributed by atoms with Gasteiger partial charge in [0.2, 0.25) is 5.88 Å². The number of pyridine rings is 1. The van der Waals surface area contributed by atoms with Gasteiger partial charge in [0.05, 0.1) is 31.1 Å². The summed E-state index contributed by atoms with van der Waals surface area (Å²) in [4.78, 5) is 4.28. The molecule has 7 nitrogen and oxygen atoms in total. The second kappa shape index (κ2) is 9.39. The molecule has 1 aromatic carbocycles. The number of rotatable bonds is 7. The quantitative estimate of drug-likeness (QED) is 0.596. The molecule has 1 aromatic heterocycles. The highest BCUT2D eigenvalue weighted by Crippen LogP contribution is 2.37. The van der Waals surface area contributed by atoms with E-state index in [1.165, 1.54) is 0 Å². The smallest absolute Gasteiger partial charge is 0.495 e. The maximum absolute atomic E-state index is 6.29. The van der Waals surface area contributed by atoms with Crippen LogP contribution in [0.25, 0.3) is 0 Å². The first kappa shape index (κ1) is 23.0. The molecule has 3 heterocycles. The van der Waals surface area contributed by atoms with Crippen LogP contribution in [0.5, 0.6) is 17.4 Å². The summed E-state index contributed by atoms with van der Waals surface area (Å²) < 4.78 is 35.5. The maximum Gasteiger partial charge on any atom is 0.495 e. The third-order valence-corrected chi connectivity index (χ3v) is 6.35. The van der Waals surface area contributed by atoms with Crippen LogP contribution in [0.4, 0.5) is 0 Å². The van der Waals surface area contributed by atoms with Crippen LogP contribution in [-0.4, -0.2) is 43.3 Å². The molecule has 2 aliphatic heterocycles. The molecule has 0 saturated carbocycles. The van der Waals surface area contributed by atoms with Crippen LogP contribution < -0.4 is 14.9 Å². The molecule has 0 aliphatic carbocycles. The third-order valence-electron chi connectivity index (χ3n) is 6.35. The van der Waals surface area contributed by atoms with E-state index in [0.29, 0.717) is 24.0 Å². The third kappa shape index (κ3) is 5.09. The minimum atomic E-state index is -0.487. The normalized spacial score (nSPS) is 22.0. The summed E-state index contributed by atoms with van der Waals surface area (Å²) in [5, 5.41) is 0. The van der Waals surface area contributed by atoms with Crippen molar-refractivity contribution in [2.45, 2.75) is 71.1 Å². The molecule has 0 spiro atoms. The highest BCUT2D eigenvalue weighted by molar-refractivity contribution is 6.62. The largest absolute Gasteiger partial charge is 0.495 e. The molecule has 32 heavy (non-hydrogen) atoms. The Hall–Kier alpha value is -2.13.